The zero-order valence-corrected chi connectivity index (χ0v) is 15.3. The molecule has 132 valence electrons. The van der Waals surface area contributed by atoms with Crippen molar-refractivity contribution in [2.75, 3.05) is 0 Å². The summed E-state index contributed by atoms with van der Waals surface area (Å²) in [5.41, 5.74) is -1.30. The number of carbonyl (C=O) groups is 1. The third-order valence-electron chi connectivity index (χ3n) is 6.76. The van der Waals surface area contributed by atoms with Crippen LogP contribution in [-0.4, -0.2) is 26.9 Å². The van der Waals surface area contributed by atoms with Crippen molar-refractivity contribution in [3.63, 3.8) is 0 Å². The molecule has 3 unspecified atom stereocenters. The Hall–Kier alpha value is -1.50. The molecule has 3 atom stereocenters. The van der Waals surface area contributed by atoms with Gasteiger partial charge in [-0.1, -0.05) is 25.1 Å². The van der Waals surface area contributed by atoms with E-state index in [1.807, 2.05) is 0 Å². The molecule has 2 heterocycles. The first-order valence-electron chi connectivity index (χ1n) is 9.25. The number of nitriles is 2. The third kappa shape index (κ3) is 2.14. The highest BCUT2D eigenvalue weighted by molar-refractivity contribution is 8.04. The molecule has 2 saturated carbocycles. The van der Waals surface area contributed by atoms with Gasteiger partial charge in [0.1, 0.15) is 5.92 Å². The van der Waals surface area contributed by atoms with Crippen LogP contribution in [0, 0.1) is 39.9 Å². The Balaban J connectivity index is 1.88. The zero-order valence-electron chi connectivity index (χ0n) is 14.5. The number of hydrogen-bond acceptors (Lipinski definition) is 5. The number of aliphatic hydroxyl groups is 1. The molecule has 2 aliphatic carbocycles. The fourth-order valence-corrected chi connectivity index (χ4v) is 6.90. The fraction of sp³-hybridized carbons (Fsp3) is 0.737. The van der Waals surface area contributed by atoms with Crippen LogP contribution in [0.1, 0.15) is 58.3 Å². The van der Waals surface area contributed by atoms with Gasteiger partial charge in [-0.3, -0.25) is 9.69 Å². The van der Waals surface area contributed by atoms with Crippen LogP contribution in [0.3, 0.4) is 0 Å². The molecule has 0 bridgehead atoms. The van der Waals surface area contributed by atoms with Crippen molar-refractivity contribution in [1.29, 1.82) is 10.5 Å². The molecule has 1 spiro atoms. The molecule has 2 aliphatic heterocycles. The summed E-state index contributed by atoms with van der Waals surface area (Å²) < 4.78 is 0. The van der Waals surface area contributed by atoms with E-state index in [0.717, 1.165) is 32.1 Å². The minimum Gasteiger partial charge on any atom is -0.369 e. The van der Waals surface area contributed by atoms with Crippen molar-refractivity contribution in [3.05, 3.63) is 10.6 Å². The zero-order chi connectivity index (χ0) is 17.8. The summed E-state index contributed by atoms with van der Waals surface area (Å²) in [7, 11) is 0. The van der Waals surface area contributed by atoms with Crippen molar-refractivity contribution in [2.45, 2.75) is 69.3 Å². The predicted octanol–water partition coefficient (Wildman–Crippen LogP) is 3.28. The van der Waals surface area contributed by atoms with Gasteiger partial charge < -0.3 is 5.11 Å². The molecule has 25 heavy (non-hydrogen) atoms. The van der Waals surface area contributed by atoms with Crippen molar-refractivity contribution < 1.29 is 9.90 Å². The molecular formula is C19H23N3O2S. The summed E-state index contributed by atoms with van der Waals surface area (Å²) in [6.45, 7) is 2.19. The van der Waals surface area contributed by atoms with E-state index < -0.39 is 17.1 Å². The number of carbonyl (C=O) groups excluding carboxylic acids is 1. The van der Waals surface area contributed by atoms with Crippen LogP contribution in [0.15, 0.2) is 10.6 Å². The molecule has 1 N–H and O–H groups in total. The van der Waals surface area contributed by atoms with E-state index in [-0.39, 0.29) is 11.2 Å². The monoisotopic (exact) mass is 357 g/mol. The van der Waals surface area contributed by atoms with E-state index in [9.17, 15) is 20.4 Å². The van der Waals surface area contributed by atoms with Crippen molar-refractivity contribution in [2.24, 2.45) is 17.3 Å². The van der Waals surface area contributed by atoms with Gasteiger partial charge in [-0.05, 0) is 50.9 Å². The standard InChI is InChI=1S/C19H23N3O2S/c1-12-5-8-18(9-6-12)13(10-20)16(23)22-17(14(18)11-21)25-15-4-2-3-7-19(15,22)24/h12-13,15,24H,2-9H2,1H3. The average Bonchev–Trinajstić information content (AvgIpc) is 2.91. The smallest absolute Gasteiger partial charge is 0.248 e. The van der Waals surface area contributed by atoms with Gasteiger partial charge in [-0.2, -0.15) is 10.5 Å². The second-order valence-corrected chi connectivity index (χ2v) is 9.29. The first-order valence-corrected chi connectivity index (χ1v) is 10.1. The molecule has 0 aromatic carbocycles. The molecule has 0 aromatic heterocycles. The fourth-order valence-electron chi connectivity index (χ4n) is 5.22. The van der Waals surface area contributed by atoms with Crippen molar-refractivity contribution in [3.8, 4) is 12.1 Å². The first kappa shape index (κ1) is 16.9. The SMILES string of the molecule is CC1CCC2(CC1)C(C#N)=C1SC3CCCCC3(O)N1C(=O)C2C#N. The lowest BCUT2D eigenvalue weighted by molar-refractivity contribution is -0.163. The second-order valence-electron chi connectivity index (χ2n) is 8.10. The van der Waals surface area contributed by atoms with Gasteiger partial charge >= 0.3 is 0 Å². The van der Waals surface area contributed by atoms with Crippen LogP contribution in [0.2, 0.25) is 0 Å². The summed E-state index contributed by atoms with van der Waals surface area (Å²) in [5, 5.41) is 31.7. The lowest BCUT2D eigenvalue weighted by Crippen LogP contribution is -2.59. The second kappa shape index (κ2) is 5.76. The number of thioether (sulfide) groups is 1. The first-order chi connectivity index (χ1) is 12.0. The van der Waals surface area contributed by atoms with Gasteiger partial charge in [-0.15, -0.1) is 0 Å². The summed E-state index contributed by atoms with van der Waals surface area (Å²) in [4.78, 5) is 14.7. The molecule has 4 aliphatic rings. The Morgan fingerprint density at radius 1 is 1.20 bits per heavy atom. The lowest BCUT2D eigenvalue weighted by atomic mass is 9.59. The minimum absolute atomic E-state index is 0.0828. The highest BCUT2D eigenvalue weighted by atomic mass is 32.2. The van der Waals surface area contributed by atoms with E-state index in [4.69, 9.17) is 0 Å². The number of allylic oxidation sites excluding steroid dienone is 1. The van der Waals surface area contributed by atoms with E-state index in [1.54, 1.807) is 0 Å². The molecule has 0 aromatic rings. The molecule has 6 heteroatoms. The van der Waals surface area contributed by atoms with E-state index >= 15 is 0 Å². The largest absolute Gasteiger partial charge is 0.369 e. The highest BCUT2D eigenvalue weighted by Crippen LogP contribution is 2.61. The predicted molar refractivity (Wildman–Crippen MR) is 93.4 cm³/mol. The Morgan fingerprint density at radius 3 is 2.56 bits per heavy atom. The Morgan fingerprint density at radius 2 is 1.92 bits per heavy atom. The number of hydrogen-bond donors (Lipinski definition) is 1. The lowest BCUT2D eigenvalue weighted by Gasteiger charge is -2.49. The van der Waals surface area contributed by atoms with Gasteiger partial charge in [0.05, 0.1) is 28.0 Å². The molecule has 1 saturated heterocycles. The van der Waals surface area contributed by atoms with E-state index in [0.29, 0.717) is 35.8 Å². The summed E-state index contributed by atoms with van der Waals surface area (Å²) >= 11 is 1.50. The van der Waals surface area contributed by atoms with Crippen LogP contribution >= 0.6 is 11.8 Å². The molecular weight excluding hydrogens is 334 g/mol. The Kier molecular flexibility index (Phi) is 3.90. The van der Waals surface area contributed by atoms with Crippen LogP contribution < -0.4 is 0 Å². The van der Waals surface area contributed by atoms with Gasteiger partial charge in [-0.25, -0.2) is 0 Å². The molecule has 4 rings (SSSR count). The van der Waals surface area contributed by atoms with Crippen LogP contribution in [0.5, 0.6) is 0 Å². The topological polar surface area (TPSA) is 88.1 Å². The van der Waals surface area contributed by atoms with Crippen LogP contribution in [-0.2, 0) is 4.79 Å². The molecule has 0 radical (unpaired) electrons. The van der Waals surface area contributed by atoms with Gasteiger partial charge in [0.2, 0.25) is 5.91 Å². The highest BCUT2D eigenvalue weighted by Gasteiger charge is 2.63. The Labute approximate surface area is 152 Å². The maximum Gasteiger partial charge on any atom is 0.248 e. The normalized spacial score (nSPS) is 43.4. The van der Waals surface area contributed by atoms with Crippen LogP contribution in [0.4, 0.5) is 0 Å². The maximum absolute atomic E-state index is 13.3. The van der Waals surface area contributed by atoms with E-state index in [2.05, 4.69) is 19.1 Å². The number of fused-ring (bicyclic) bond motifs is 3. The summed E-state index contributed by atoms with van der Waals surface area (Å²) in [6.07, 6.45) is 6.55. The Bertz CT molecular complexity index is 726. The van der Waals surface area contributed by atoms with Gasteiger partial charge in [0, 0.05) is 5.41 Å². The maximum atomic E-state index is 13.3. The van der Waals surface area contributed by atoms with Gasteiger partial charge in [0.25, 0.3) is 0 Å². The third-order valence-corrected chi connectivity index (χ3v) is 8.27. The van der Waals surface area contributed by atoms with Crippen molar-refractivity contribution in [1.82, 2.24) is 4.90 Å². The quantitative estimate of drug-likeness (QED) is 0.719. The number of nitrogens with zero attached hydrogens (tertiary/aromatic N) is 3. The molecule has 1 amide bonds. The number of rotatable bonds is 0. The molecule has 5 nitrogen and oxygen atoms in total. The minimum atomic E-state index is -1.23. The molecule has 3 fully saturated rings. The average molecular weight is 357 g/mol. The summed E-state index contributed by atoms with van der Waals surface area (Å²) in [6, 6.07) is 4.59. The summed E-state index contributed by atoms with van der Waals surface area (Å²) in [5.74, 6) is -0.583. The van der Waals surface area contributed by atoms with E-state index in [1.165, 1.54) is 16.7 Å². The number of amides is 1. The van der Waals surface area contributed by atoms with Gasteiger partial charge in [0.15, 0.2) is 5.72 Å². The van der Waals surface area contributed by atoms with Crippen molar-refractivity contribution >= 4 is 17.7 Å². The van der Waals surface area contributed by atoms with Crippen LogP contribution in [0.25, 0.3) is 0 Å².